The Kier molecular flexibility index (Phi) is 5.46. The van der Waals surface area contributed by atoms with Gasteiger partial charge in [0.2, 0.25) is 5.91 Å². The summed E-state index contributed by atoms with van der Waals surface area (Å²) < 4.78 is 5.47. The van der Waals surface area contributed by atoms with Gasteiger partial charge in [0.05, 0.1) is 12.6 Å². The summed E-state index contributed by atoms with van der Waals surface area (Å²) in [6, 6.07) is 16.7. The number of nitrogens with zero attached hydrogens (tertiary/aromatic N) is 1. The molecule has 0 aliphatic carbocycles. The molecule has 3 rings (SSSR count). The highest BCUT2D eigenvalue weighted by Gasteiger charge is 2.27. The summed E-state index contributed by atoms with van der Waals surface area (Å²) in [5.74, 6) is -0.536. The quantitative estimate of drug-likeness (QED) is 0.878. The first-order valence-corrected chi connectivity index (χ1v) is 8.47. The third-order valence-electron chi connectivity index (χ3n) is 4.51. The van der Waals surface area contributed by atoms with E-state index in [9.17, 15) is 9.59 Å². The maximum atomic E-state index is 13.0. The molecule has 1 atom stereocenters. The van der Waals surface area contributed by atoms with E-state index in [1.54, 1.807) is 24.3 Å². The molecule has 0 bridgehead atoms. The normalized spacial score (nSPS) is 16.6. The average molecular weight is 338 g/mol. The van der Waals surface area contributed by atoms with Gasteiger partial charge in [-0.25, -0.2) is 0 Å². The van der Waals surface area contributed by atoms with Crippen molar-refractivity contribution >= 4 is 11.8 Å². The van der Waals surface area contributed by atoms with Crippen molar-refractivity contribution in [3.63, 3.8) is 0 Å². The molecule has 2 N–H and O–H groups in total. The zero-order valence-electron chi connectivity index (χ0n) is 14.1. The lowest BCUT2D eigenvalue weighted by Crippen LogP contribution is -2.42. The molecule has 2 aromatic rings. The van der Waals surface area contributed by atoms with E-state index in [-0.39, 0.29) is 11.9 Å². The highest BCUT2D eigenvalue weighted by molar-refractivity contribution is 5.97. The fraction of sp³-hybridized carbons (Fsp3) is 0.300. The van der Waals surface area contributed by atoms with Gasteiger partial charge in [-0.3, -0.25) is 9.59 Å². The smallest absolute Gasteiger partial charge is 0.254 e. The summed E-state index contributed by atoms with van der Waals surface area (Å²) in [7, 11) is 0. The Balaban J connectivity index is 1.75. The van der Waals surface area contributed by atoms with Gasteiger partial charge in [0.1, 0.15) is 0 Å². The molecular weight excluding hydrogens is 316 g/mol. The second-order valence-corrected chi connectivity index (χ2v) is 6.19. The van der Waals surface area contributed by atoms with Crippen LogP contribution in [-0.2, 0) is 11.2 Å². The third kappa shape index (κ3) is 4.25. The van der Waals surface area contributed by atoms with E-state index in [1.807, 2.05) is 23.1 Å². The van der Waals surface area contributed by atoms with E-state index in [4.69, 9.17) is 10.5 Å². The van der Waals surface area contributed by atoms with Gasteiger partial charge in [-0.05, 0) is 42.7 Å². The summed E-state index contributed by atoms with van der Waals surface area (Å²) in [5.41, 5.74) is 7.42. The van der Waals surface area contributed by atoms with Gasteiger partial charge in [-0.1, -0.05) is 30.3 Å². The number of nitrogens with two attached hydrogens (primary N) is 1. The number of benzene rings is 2. The first kappa shape index (κ1) is 17.2. The van der Waals surface area contributed by atoms with Crippen LogP contribution in [0.4, 0.5) is 0 Å². The van der Waals surface area contributed by atoms with E-state index < -0.39 is 5.91 Å². The largest absolute Gasteiger partial charge is 0.379 e. The minimum atomic E-state index is -0.496. The lowest BCUT2D eigenvalue weighted by molar-refractivity contribution is 0.0656. The first-order valence-electron chi connectivity index (χ1n) is 8.47. The molecule has 1 saturated heterocycles. The molecule has 0 aromatic heterocycles. The Morgan fingerprint density at radius 1 is 1.04 bits per heavy atom. The maximum Gasteiger partial charge on any atom is 0.254 e. The van der Waals surface area contributed by atoms with E-state index >= 15 is 0 Å². The van der Waals surface area contributed by atoms with Crippen molar-refractivity contribution in [1.82, 2.24) is 4.90 Å². The van der Waals surface area contributed by atoms with Gasteiger partial charge in [-0.15, -0.1) is 0 Å². The zero-order chi connectivity index (χ0) is 17.6. The minimum Gasteiger partial charge on any atom is -0.379 e. The second-order valence-electron chi connectivity index (χ2n) is 6.19. The highest BCUT2D eigenvalue weighted by Crippen LogP contribution is 2.17. The molecular formula is C20H22N2O3. The van der Waals surface area contributed by atoms with Gasteiger partial charge in [-0.2, -0.15) is 0 Å². The van der Waals surface area contributed by atoms with Gasteiger partial charge in [0.25, 0.3) is 5.91 Å². The summed E-state index contributed by atoms with van der Waals surface area (Å²) in [6.07, 6.45) is 1.64. The average Bonchev–Trinajstić information content (AvgIpc) is 3.17. The van der Waals surface area contributed by atoms with Crippen molar-refractivity contribution in [2.75, 3.05) is 19.8 Å². The molecule has 2 amide bonds. The summed E-state index contributed by atoms with van der Waals surface area (Å²) in [4.78, 5) is 26.1. The van der Waals surface area contributed by atoms with Crippen molar-refractivity contribution in [1.29, 1.82) is 0 Å². The van der Waals surface area contributed by atoms with Crippen LogP contribution in [0, 0.1) is 0 Å². The number of primary amides is 1. The molecule has 1 fully saturated rings. The number of hydrogen-bond acceptors (Lipinski definition) is 3. The second kappa shape index (κ2) is 7.94. The summed E-state index contributed by atoms with van der Waals surface area (Å²) in [6.45, 7) is 1.88. The van der Waals surface area contributed by atoms with Crippen LogP contribution < -0.4 is 5.73 Å². The summed E-state index contributed by atoms with van der Waals surface area (Å²) >= 11 is 0. The molecule has 0 radical (unpaired) electrons. The van der Waals surface area contributed by atoms with Crippen LogP contribution >= 0.6 is 0 Å². The highest BCUT2D eigenvalue weighted by atomic mass is 16.5. The molecule has 0 saturated carbocycles. The van der Waals surface area contributed by atoms with Crippen LogP contribution in [0.5, 0.6) is 0 Å². The van der Waals surface area contributed by atoms with Crippen LogP contribution in [0.2, 0.25) is 0 Å². The number of carbonyl (C=O) groups is 2. The van der Waals surface area contributed by atoms with Crippen molar-refractivity contribution in [2.24, 2.45) is 5.73 Å². The summed E-state index contributed by atoms with van der Waals surface area (Å²) in [5, 5.41) is 0. The van der Waals surface area contributed by atoms with Crippen molar-refractivity contribution in [3.05, 3.63) is 71.3 Å². The van der Waals surface area contributed by atoms with Crippen molar-refractivity contribution in [3.8, 4) is 0 Å². The molecule has 2 aromatic carbocycles. The molecule has 1 heterocycles. The van der Waals surface area contributed by atoms with E-state index in [2.05, 4.69) is 12.1 Å². The third-order valence-corrected chi connectivity index (χ3v) is 4.51. The van der Waals surface area contributed by atoms with Gasteiger partial charge in [0.15, 0.2) is 0 Å². The number of carbonyl (C=O) groups excluding carboxylic acids is 2. The van der Waals surface area contributed by atoms with Crippen LogP contribution in [0.15, 0.2) is 54.6 Å². The Morgan fingerprint density at radius 2 is 1.72 bits per heavy atom. The van der Waals surface area contributed by atoms with Crippen LogP contribution in [0.3, 0.4) is 0 Å². The van der Waals surface area contributed by atoms with E-state index in [0.717, 1.165) is 12.8 Å². The molecule has 1 aliphatic rings. The van der Waals surface area contributed by atoms with Gasteiger partial charge < -0.3 is 15.4 Å². The lowest BCUT2D eigenvalue weighted by Gasteiger charge is -2.28. The van der Waals surface area contributed by atoms with E-state index in [0.29, 0.717) is 30.9 Å². The Hall–Kier alpha value is -2.66. The van der Waals surface area contributed by atoms with Gasteiger partial charge >= 0.3 is 0 Å². The Bertz CT molecular complexity index is 722. The van der Waals surface area contributed by atoms with Crippen LogP contribution in [0.1, 0.15) is 32.7 Å². The zero-order valence-corrected chi connectivity index (χ0v) is 14.1. The maximum absolute atomic E-state index is 13.0. The predicted molar refractivity (Wildman–Crippen MR) is 95.4 cm³/mol. The van der Waals surface area contributed by atoms with Gasteiger partial charge in [0, 0.05) is 24.3 Å². The van der Waals surface area contributed by atoms with Crippen LogP contribution in [-0.4, -0.2) is 42.5 Å². The number of amides is 2. The number of hydrogen-bond donors (Lipinski definition) is 1. The number of ether oxygens (including phenoxy) is 1. The van der Waals surface area contributed by atoms with Crippen molar-refractivity contribution in [2.45, 2.75) is 18.9 Å². The van der Waals surface area contributed by atoms with E-state index in [1.165, 1.54) is 5.56 Å². The lowest BCUT2D eigenvalue weighted by atomic mass is 10.1. The monoisotopic (exact) mass is 338 g/mol. The molecule has 130 valence electrons. The van der Waals surface area contributed by atoms with Crippen molar-refractivity contribution < 1.29 is 14.3 Å². The number of rotatable bonds is 6. The fourth-order valence-electron chi connectivity index (χ4n) is 3.05. The fourth-order valence-corrected chi connectivity index (χ4v) is 3.05. The topological polar surface area (TPSA) is 72.6 Å². The van der Waals surface area contributed by atoms with Crippen LogP contribution in [0.25, 0.3) is 0 Å². The molecule has 25 heavy (non-hydrogen) atoms. The molecule has 5 nitrogen and oxygen atoms in total. The minimum absolute atomic E-state index is 0.0394. The SMILES string of the molecule is NC(=O)c1ccc(C(=O)N(CCc2ccccc2)C2CCOC2)cc1. The Labute approximate surface area is 147 Å². The first-order chi connectivity index (χ1) is 12.1. The standard InChI is InChI=1S/C20H22N2O3/c21-19(23)16-6-8-17(9-7-16)20(24)22(18-11-13-25-14-18)12-10-15-4-2-1-3-5-15/h1-9,18H,10-14H2,(H2,21,23). The molecule has 0 spiro atoms. The Morgan fingerprint density at radius 3 is 2.32 bits per heavy atom. The molecule has 5 heteroatoms. The molecule has 1 aliphatic heterocycles. The molecule has 1 unspecified atom stereocenters. The predicted octanol–water partition coefficient (Wildman–Crippen LogP) is 2.26.